The van der Waals surface area contributed by atoms with Crippen molar-refractivity contribution in [1.29, 1.82) is 0 Å². The Labute approximate surface area is 143 Å². The first-order valence-electron chi connectivity index (χ1n) is 8.58. The van der Waals surface area contributed by atoms with Gasteiger partial charge in [-0.2, -0.15) is 0 Å². The van der Waals surface area contributed by atoms with Gasteiger partial charge in [-0.3, -0.25) is 9.69 Å². The number of amides is 1. The zero-order chi connectivity index (χ0) is 16.1. The molecule has 2 fully saturated rings. The molecule has 126 valence electrons. The Bertz CT molecular complexity index is 514. The molecule has 0 radical (unpaired) electrons. The largest absolute Gasteiger partial charge is 0.340 e. The average Bonchev–Trinajstić information content (AvgIpc) is 3.07. The molecule has 2 heterocycles. The second kappa shape index (κ2) is 8.18. The number of benzene rings is 1. The van der Waals surface area contributed by atoms with E-state index in [2.05, 4.69) is 46.3 Å². The van der Waals surface area contributed by atoms with Gasteiger partial charge in [-0.25, -0.2) is 0 Å². The van der Waals surface area contributed by atoms with E-state index in [1.54, 1.807) is 11.8 Å². The molecule has 23 heavy (non-hydrogen) atoms. The molecule has 1 atom stereocenters. The van der Waals surface area contributed by atoms with Crippen LogP contribution in [0.5, 0.6) is 0 Å². The third-order valence-electron chi connectivity index (χ3n) is 4.80. The minimum absolute atomic E-state index is 0.305. The fourth-order valence-electron chi connectivity index (χ4n) is 3.35. The predicted molar refractivity (Wildman–Crippen MR) is 96.8 cm³/mol. The number of likely N-dealkylation sites (tertiary alicyclic amines) is 1. The molecule has 0 aliphatic carbocycles. The molecule has 1 N–H and O–H groups in total. The number of thioether (sulfide) groups is 1. The van der Waals surface area contributed by atoms with Gasteiger partial charge in [0.05, 0.1) is 5.75 Å². The van der Waals surface area contributed by atoms with Gasteiger partial charge in [0.25, 0.3) is 0 Å². The average molecular weight is 334 g/mol. The van der Waals surface area contributed by atoms with Crippen LogP contribution in [-0.2, 0) is 10.5 Å². The summed E-state index contributed by atoms with van der Waals surface area (Å²) in [4.78, 5) is 17.0. The molecule has 2 aliphatic rings. The van der Waals surface area contributed by atoms with Gasteiger partial charge in [0.15, 0.2) is 0 Å². The molecule has 5 heteroatoms. The van der Waals surface area contributed by atoms with Crippen molar-refractivity contribution < 1.29 is 4.79 Å². The molecule has 0 spiro atoms. The number of piperazine rings is 1. The van der Waals surface area contributed by atoms with Crippen LogP contribution in [0.1, 0.15) is 17.5 Å². The maximum absolute atomic E-state index is 12.4. The Morgan fingerprint density at radius 1 is 1.22 bits per heavy atom. The monoisotopic (exact) mass is 333 g/mol. The highest BCUT2D eigenvalue weighted by Crippen LogP contribution is 2.19. The zero-order valence-corrected chi connectivity index (χ0v) is 14.8. The van der Waals surface area contributed by atoms with Gasteiger partial charge in [-0.1, -0.05) is 29.8 Å². The molecular formula is C18H27N3OS. The van der Waals surface area contributed by atoms with Crippen LogP contribution < -0.4 is 5.32 Å². The van der Waals surface area contributed by atoms with E-state index in [0.717, 1.165) is 51.4 Å². The number of hydrogen-bond donors (Lipinski definition) is 1. The predicted octanol–water partition coefficient (Wildman–Crippen LogP) is 1.73. The highest BCUT2D eigenvalue weighted by atomic mass is 32.2. The lowest BCUT2D eigenvalue weighted by Crippen LogP contribution is -2.49. The summed E-state index contributed by atoms with van der Waals surface area (Å²) < 4.78 is 0. The summed E-state index contributed by atoms with van der Waals surface area (Å²) in [6.45, 7) is 8.35. The van der Waals surface area contributed by atoms with Crippen LogP contribution in [0.25, 0.3) is 0 Å². The summed E-state index contributed by atoms with van der Waals surface area (Å²) in [6.07, 6.45) is 1.13. The molecule has 1 unspecified atom stereocenters. The van der Waals surface area contributed by atoms with Gasteiger partial charge < -0.3 is 10.2 Å². The van der Waals surface area contributed by atoms with Crippen LogP contribution in [0, 0.1) is 6.92 Å². The topological polar surface area (TPSA) is 35.6 Å². The summed E-state index contributed by atoms with van der Waals surface area (Å²) in [5.74, 6) is 1.82. The second-order valence-electron chi connectivity index (χ2n) is 6.55. The smallest absolute Gasteiger partial charge is 0.232 e. The first-order valence-corrected chi connectivity index (χ1v) is 9.73. The molecule has 4 nitrogen and oxygen atoms in total. The molecule has 2 saturated heterocycles. The van der Waals surface area contributed by atoms with Crippen molar-refractivity contribution in [3.05, 3.63) is 35.4 Å². The SMILES string of the molecule is Cc1ccc(CSCC(=O)N2CCC(N3CCNCC3)C2)cc1. The Hall–Kier alpha value is -1.04. The summed E-state index contributed by atoms with van der Waals surface area (Å²) in [5.41, 5.74) is 2.58. The van der Waals surface area contributed by atoms with Crippen molar-refractivity contribution in [3.8, 4) is 0 Å². The van der Waals surface area contributed by atoms with Crippen LogP contribution in [0.3, 0.4) is 0 Å². The van der Waals surface area contributed by atoms with E-state index in [1.165, 1.54) is 11.1 Å². The highest BCUT2D eigenvalue weighted by molar-refractivity contribution is 7.99. The Balaban J connectivity index is 1.39. The van der Waals surface area contributed by atoms with E-state index in [4.69, 9.17) is 0 Å². The number of nitrogens with one attached hydrogen (secondary N) is 1. The number of aryl methyl sites for hydroxylation is 1. The van der Waals surface area contributed by atoms with Crippen molar-refractivity contribution in [1.82, 2.24) is 15.1 Å². The lowest BCUT2D eigenvalue weighted by atomic mass is 10.2. The molecule has 3 rings (SSSR count). The third-order valence-corrected chi connectivity index (χ3v) is 5.79. The lowest BCUT2D eigenvalue weighted by molar-refractivity contribution is -0.127. The van der Waals surface area contributed by atoms with Crippen molar-refractivity contribution >= 4 is 17.7 Å². The first-order chi connectivity index (χ1) is 11.2. The van der Waals surface area contributed by atoms with Crippen LogP contribution in [-0.4, -0.2) is 66.8 Å². The van der Waals surface area contributed by atoms with Crippen LogP contribution >= 0.6 is 11.8 Å². The van der Waals surface area contributed by atoms with Gasteiger partial charge in [-0.15, -0.1) is 11.8 Å². The van der Waals surface area contributed by atoms with Crippen LogP contribution in [0.4, 0.5) is 0 Å². The Kier molecular flexibility index (Phi) is 5.97. The summed E-state index contributed by atoms with van der Waals surface area (Å²) in [6, 6.07) is 9.15. The molecular weight excluding hydrogens is 306 g/mol. The number of rotatable bonds is 5. The first kappa shape index (κ1) is 16.8. The fourth-order valence-corrected chi connectivity index (χ4v) is 4.23. The lowest BCUT2D eigenvalue weighted by Gasteiger charge is -2.32. The van der Waals surface area contributed by atoms with Gasteiger partial charge in [-0.05, 0) is 18.9 Å². The van der Waals surface area contributed by atoms with Gasteiger partial charge >= 0.3 is 0 Å². The second-order valence-corrected chi connectivity index (χ2v) is 7.53. The summed E-state index contributed by atoms with van der Waals surface area (Å²) in [7, 11) is 0. The van der Waals surface area contributed by atoms with Crippen LogP contribution in [0.15, 0.2) is 24.3 Å². The number of hydrogen-bond acceptors (Lipinski definition) is 4. The van der Waals surface area contributed by atoms with Gasteiger partial charge in [0, 0.05) is 51.1 Å². The van der Waals surface area contributed by atoms with E-state index < -0.39 is 0 Å². The van der Waals surface area contributed by atoms with Gasteiger partial charge in [0.2, 0.25) is 5.91 Å². The normalized spacial score (nSPS) is 22.5. The molecule has 1 amide bonds. The summed E-state index contributed by atoms with van der Waals surface area (Å²) in [5, 5.41) is 3.39. The number of carbonyl (C=O) groups excluding carboxylic acids is 1. The molecule has 0 aromatic heterocycles. The van der Waals surface area contributed by atoms with E-state index >= 15 is 0 Å². The van der Waals surface area contributed by atoms with Gasteiger partial charge in [0.1, 0.15) is 0 Å². The standard InChI is InChI=1S/C18H27N3OS/c1-15-2-4-16(5-3-15)13-23-14-18(22)21-9-6-17(12-21)20-10-7-19-8-11-20/h2-5,17,19H,6-14H2,1H3. The van der Waals surface area contributed by atoms with Crippen molar-refractivity contribution in [2.24, 2.45) is 0 Å². The Morgan fingerprint density at radius 2 is 1.96 bits per heavy atom. The third kappa shape index (κ3) is 4.72. The zero-order valence-electron chi connectivity index (χ0n) is 14.0. The van der Waals surface area contributed by atoms with E-state index in [-0.39, 0.29) is 0 Å². The Morgan fingerprint density at radius 3 is 2.70 bits per heavy atom. The maximum Gasteiger partial charge on any atom is 0.232 e. The summed E-state index contributed by atoms with van der Waals surface area (Å²) >= 11 is 1.73. The molecule has 1 aromatic rings. The van der Waals surface area contributed by atoms with E-state index in [0.29, 0.717) is 17.7 Å². The molecule has 1 aromatic carbocycles. The molecule has 0 bridgehead atoms. The number of carbonyl (C=O) groups is 1. The van der Waals surface area contributed by atoms with E-state index in [1.807, 2.05) is 0 Å². The maximum atomic E-state index is 12.4. The van der Waals surface area contributed by atoms with Crippen molar-refractivity contribution in [3.63, 3.8) is 0 Å². The van der Waals surface area contributed by atoms with E-state index in [9.17, 15) is 4.79 Å². The van der Waals surface area contributed by atoms with Crippen molar-refractivity contribution in [2.75, 3.05) is 45.0 Å². The van der Waals surface area contributed by atoms with Crippen molar-refractivity contribution in [2.45, 2.75) is 25.1 Å². The number of nitrogens with zero attached hydrogens (tertiary/aromatic N) is 2. The quantitative estimate of drug-likeness (QED) is 0.890. The minimum atomic E-state index is 0.305. The molecule has 2 aliphatic heterocycles. The minimum Gasteiger partial charge on any atom is -0.340 e. The van der Waals surface area contributed by atoms with Crippen LogP contribution in [0.2, 0.25) is 0 Å². The highest BCUT2D eigenvalue weighted by Gasteiger charge is 2.30. The molecule has 0 saturated carbocycles. The fraction of sp³-hybridized carbons (Fsp3) is 0.611.